The third-order valence-electron chi connectivity index (χ3n) is 4.43. The predicted octanol–water partition coefficient (Wildman–Crippen LogP) is 1.70. The van der Waals surface area contributed by atoms with E-state index >= 15 is 0 Å². The van der Waals surface area contributed by atoms with Crippen LogP contribution in [0, 0.1) is 13.8 Å². The quantitative estimate of drug-likeness (QED) is 0.876. The second kappa shape index (κ2) is 6.21. The Morgan fingerprint density at radius 3 is 2.32 bits per heavy atom. The number of benzene rings is 2. The van der Waals surface area contributed by atoms with Crippen molar-refractivity contribution in [3.63, 3.8) is 0 Å². The van der Waals surface area contributed by atoms with Gasteiger partial charge in [0.1, 0.15) is 0 Å². The van der Waals surface area contributed by atoms with Crippen LogP contribution < -0.4 is 5.14 Å². The topological polar surface area (TPSA) is 97.5 Å². The minimum absolute atomic E-state index is 0.00276. The maximum Gasteiger partial charge on any atom is 0.243 e. The first-order chi connectivity index (χ1) is 11.6. The van der Waals surface area contributed by atoms with E-state index in [1.165, 1.54) is 16.4 Å². The standard InChI is InChI=1S/C17H20N2O4S2/c1-12-3-6-17(13(2)9-12)25(22,23)19-8-7-14-4-5-16(24(18,20)21)10-15(14)11-19/h3-6,9-10H,7-8,11H2,1-2H3,(H2,18,20,21). The fraction of sp³-hybridized carbons (Fsp3) is 0.294. The van der Waals surface area contributed by atoms with Gasteiger partial charge in [-0.1, -0.05) is 23.8 Å². The lowest BCUT2D eigenvalue weighted by atomic mass is 10.0. The van der Waals surface area contributed by atoms with Gasteiger partial charge in [-0.25, -0.2) is 22.0 Å². The molecule has 3 rings (SSSR count). The summed E-state index contributed by atoms with van der Waals surface area (Å²) in [7, 11) is -7.47. The number of nitrogens with zero attached hydrogens (tertiary/aromatic N) is 1. The van der Waals surface area contributed by atoms with Crippen molar-refractivity contribution in [2.45, 2.75) is 36.6 Å². The van der Waals surface area contributed by atoms with E-state index in [9.17, 15) is 16.8 Å². The zero-order valence-corrected chi connectivity index (χ0v) is 15.7. The third kappa shape index (κ3) is 3.48. The van der Waals surface area contributed by atoms with Gasteiger partial charge in [-0.05, 0) is 55.2 Å². The first kappa shape index (κ1) is 18.1. The molecule has 134 valence electrons. The predicted molar refractivity (Wildman–Crippen MR) is 95.0 cm³/mol. The molecule has 0 amide bonds. The maximum atomic E-state index is 13.0. The first-order valence-corrected chi connectivity index (χ1v) is 10.8. The second-order valence-electron chi connectivity index (χ2n) is 6.33. The van der Waals surface area contributed by atoms with Gasteiger partial charge in [-0.15, -0.1) is 0 Å². The Labute approximate surface area is 148 Å². The molecule has 6 nitrogen and oxygen atoms in total. The highest BCUT2D eigenvalue weighted by atomic mass is 32.2. The second-order valence-corrected chi connectivity index (χ2v) is 9.80. The van der Waals surface area contributed by atoms with Gasteiger partial charge in [0.05, 0.1) is 9.79 Å². The summed E-state index contributed by atoms with van der Waals surface area (Å²) in [4.78, 5) is 0.279. The lowest BCUT2D eigenvalue weighted by Gasteiger charge is -2.29. The van der Waals surface area contributed by atoms with Crippen LogP contribution in [0.2, 0.25) is 0 Å². The zero-order chi connectivity index (χ0) is 18.4. The zero-order valence-electron chi connectivity index (χ0n) is 14.1. The number of hydrogen-bond acceptors (Lipinski definition) is 4. The van der Waals surface area contributed by atoms with Crippen molar-refractivity contribution in [1.29, 1.82) is 0 Å². The Bertz CT molecular complexity index is 1040. The van der Waals surface area contributed by atoms with E-state index in [0.717, 1.165) is 11.1 Å². The van der Waals surface area contributed by atoms with Crippen LogP contribution in [0.25, 0.3) is 0 Å². The number of fused-ring (bicyclic) bond motifs is 1. The average Bonchev–Trinajstić information content (AvgIpc) is 2.52. The van der Waals surface area contributed by atoms with Gasteiger partial charge in [0, 0.05) is 13.1 Å². The lowest BCUT2D eigenvalue weighted by Crippen LogP contribution is -2.36. The highest BCUT2D eigenvalue weighted by Crippen LogP contribution is 2.28. The van der Waals surface area contributed by atoms with E-state index in [4.69, 9.17) is 5.14 Å². The van der Waals surface area contributed by atoms with Crippen LogP contribution in [-0.2, 0) is 33.0 Å². The molecule has 1 aliphatic rings. The molecule has 2 aromatic rings. The Morgan fingerprint density at radius 2 is 1.68 bits per heavy atom. The fourth-order valence-corrected chi connectivity index (χ4v) is 5.31. The van der Waals surface area contributed by atoms with E-state index in [2.05, 4.69) is 0 Å². The number of sulfonamides is 2. The van der Waals surface area contributed by atoms with Gasteiger partial charge in [0.15, 0.2) is 0 Å². The highest BCUT2D eigenvalue weighted by Gasteiger charge is 2.30. The van der Waals surface area contributed by atoms with Crippen LogP contribution in [0.1, 0.15) is 22.3 Å². The summed E-state index contributed by atoms with van der Waals surface area (Å²) in [6.07, 6.45) is 0.532. The molecule has 0 aliphatic carbocycles. The molecule has 8 heteroatoms. The maximum absolute atomic E-state index is 13.0. The number of aryl methyl sites for hydroxylation is 2. The first-order valence-electron chi connectivity index (χ1n) is 7.81. The molecule has 1 heterocycles. The van der Waals surface area contributed by atoms with Crippen molar-refractivity contribution in [2.24, 2.45) is 5.14 Å². The number of rotatable bonds is 3. The molecular weight excluding hydrogens is 360 g/mol. The third-order valence-corrected chi connectivity index (χ3v) is 7.35. The molecule has 0 aromatic heterocycles. The van der Waals surface area contributed by atoms with Crippen molar-refractivity contribution >= 4 is 20.0 Å². The Hall–Kier alpha value is -1.74. The largest absolute Gasteiger partial charge is 0.243 e. The van der Waals surface area contributed by atoms with Crippen LogP contribution >= 0.6 is 0 Å². The van der Waals surface area contributed by atoms with Crippen molar-refractivity contribution in [3.8, 4) is 0 Å². The fourth-order valence-electron chi connectivity index (χ4n) is 3.12. The monoisotopic (exact) mass is 380 g/mol. The molecule has 0 spiro atoms. The molecule has 0 saturated carbocycles. The van der Waals surface area contributed by atoms with Gasteiger partial charge < -0.3 is 0 Å². The minimum Gasteiger partial charge on any atom is -0.225 e. The van der Waals surface area contributed by atoms with Crippen molar-refractivity contribution < 1.29 is 16.8 Å². The van der Waals surface area contributed by atoms with Crippen LogP contribution in [0.15, 0.2) is 46.2 Å². The SMILES string of the molecule is Cc1ccc(S(=O)(=O)N2CCc3ccc(S(N)(=O)=O)cc3C2)c(C)c1. The average molecular weight is 380 g/mol. The summed E-state index contributed by atoms with van der Waals surface area (Å²) >= 11 is 0. The van der Waals surface area contributed by atoms with Crippen molar-refractivity contribution in [2.75, 3.05) is 6.54 Å². The summed E-state index contributed by atoms with van der Waals surface area (Å²) in [5.41, 5.74) is 3.31. The van der Waals surface area contributed by atoms with E-state index in [-0.39, 0.29) is 16.3 Å². The summed E-state index contributed by atoms with van der Waals surface area (Å²) in [6.45, 7) is 4.18. The van der Waals surface area contributed by atoms with Crippen LogP contribution in [0.5, 0.6) is 0 Å². The molecule has 2 aromatic carbocycles. The minimum atomic E-state index is -3.82. The van der Waals surface area contributed by atoms with E-state index in [1.807, 2.05) is 13.0 Å². The normalized spacial score (nSPS) is 15.8. The van der Waals surface area contributed by atoms with Crippen LogP contribution in [-0.4, -0.2) is 27.7 Å². The van der Waals surface area contributed by atoms with Crippen molar-refractivity contribution in [3.05, 3.63) is 58.7 Å². The molecule has 0 saturated heterocycles. The molecule has 25 heavy (non-hydrogen) atoms. The number of primary sulfonamides is 1. The summed E-state index contributed by atoms with van der Waals surface area (Å²) < 4.78 is 50.5. The molecule has 1 aliphatic heterocycles. The van der Waals surface area contributed by atoms with Gasteiger partial charge in [0.25, 0.3) is 0 Å². The van der Waals surface area contributed by atoms with Gasteiger partial charge in [0.2, 0.25) is 20.0 Å². The van der Waals surface area contributed by atoms with Gasteiger partial charge in [-0.3, -0.25) is 0 Å². The lowest BCUT2D eigenvalue weighted by molar-refractivity contribution is 0.390. The van der Waals surface area contributed by atoms with E-state index in [1.54, 1.807) is 25.1 Å². The summed E-state index contributed by atoms with van der Waals surface area (Å²) in [5, 5.41) is 5.18. The van der Waals surface area contributed by atoms with E-state index in [0.29, 0.717) is 24.1 Å². The van der Waals surface area contributed by atoms with Crippen molar-refractivity contribution in [1.82, 2.24) is 4.31 Å². The Balaban J connectivity index is 1.99. The smallest absolute Gasteiger partial charge is 0.225 e. The van der Waals surface area contributed by atoms with E-state index < -0.39 is 20.0 Å². The summed E-state index contributed by atoms with van der Waals surface area (Å²) in [5.74, 6) is 0. The molecular formula is C17H20N2O4S2. The molecule has 0 atom stereocenters. The molecule has 0 fully saturated rings. The number of nitrogens with two attached hydrogens (primary N) is 1. The Morgan fingerprint density at radius 1 is 0.960 bits per heavy atom. The van der Waals surface area contributed by atoms with Gasteiger partial charge in [-0.2, -0.15) is 4.31 Å². The molecule has 0 radical (unpaired) electrons. The molecule has 0 unspecified atom stereocenters. The number of hydrogen-bond donors (Lipinski definition) is 1. The molecule has 0 bridgehead atoms. The molecule has 2 N–H and O–H groups in total. The van der Waals surface area contributed by atoms with Crippen LogP contribution in [0.4, 0.5) is 0 Å². The summed E-state index contributed by atoms with van der Waals surface area (Å²) in [6, 6.07) is 9.87. The van der Waals surface area contributed by atoms with Gasteiger partial charge >= 0.3 is 0 Å². The van der Waals surface area contributed by atoms with Crippen LogP contribution in [0.3, 0.4) is 0 Å². The Kier molecular flexibility index (Phi) is 4.48. The highest BCUT2D eigenvalue weighted by molar-refractivity contribution is 7.89.